The van der Waals surface area contributed by atoms with Gasteiger partial charge in [-0.2, -0.15) is 11.8 Å². The minimum atomic E-state index is -0.119. The van der Waals surface area contributed by atoms with E-state index in [1.54, 1.807) is 0 Å². The Morgan fingerprint density at radius 3 is 2.77 bits per heavy atom. The lowest BCUT2D eigenvalue weighted by Crippen LogP contribution is -2.46. The SMILES string of the molecule is CC1CSCC(C)(CN(C)C)C1=O. The first-order valence-corrected chi connectivity index (χ1v) is 5.88. The third kappa shape index (κ3) is 2.47. The molecule has 0 aromatic carbocycles. The van der Waals surface area contributed by atoms with E-state index in [1.165, 1.54) is 0 Å². The number of hydrogen-bond donors (Lipinski definition) is 0. The summed E-state index contributed by atoms with van der Waals surface area (Å²) in [5.74, 6) is 2.67. The average Bonchev–Trinajstić information content (AvgIpc) is 1.99. The molecule has 2 unspecified atom stereocenters. The van der Waals surface area contributed by atoms with E-state index in [1.807, 2.05) is 32.8 Å². The molecular formula is C10H19NOS. The maximum Gasteiger partial charge on any atom is 0.144 e. The molecule has 0 N–H and O–H groups in total. The molecule has 3 heteroatoms. The first-order valence-electron chi connectivity index (χ1n) is 4.72. The van der Waals surface area contributed by atoms with Crippen LogP contribution in [0.2, 0.25) is 0 Å². The summed E-state index contributed by atoms with van der Waals surface area (Å²) in [6, 6.07) is 0. The van der Waals surface area contributed by atoms with Gasteiger partial charge in [-0.25, -0.2) is 0 Å². The quantitative estimate of drug-likeness (QED) is 0.675. The molecule has 0 radical (unpaired) electrons. The van der Waals surface area contributed by atoms with Gasteiger partial charge in [0.25, 0.3) is 0 Å². The summed E-state index contributed by atoms with van der Waals surface area (Å²) in [4.78, 5) is 14.1. The van der Waals surface area contributed by atoms with E-state index in [9.17, 15) is 4.79 Å². The highest BCUT2D eigenvalue weighted by Gasteiger charge is 2.39. The maximum absolute atomic E-state index is 11.9. The fourth-order valence-electron chi connectivity index (χ4n) is 2.02. The molecule has 1 rings (SSSR count). The molecule has 1 aliphatic heterocycles. The van der Waals surface area contributed by atoms with Crippen LogP contribution in [-0.2, 0) is 4.79 Å². The number of nitrogens with zero attached hydrogens (tertiary/aromatic N) is 1. The van der Waals surface area contributed by atoms with Crippen LogP contribution in [0, 0.1) is 11.3 Å². The normalized spacial score (nSPS) is 35.5. The number of thioether (sulfide) groups is 1. The van der Waals surface area contributed by atoms with Gasteiger partial charge in [-0.1, -0.05) is 13.8 Å². The number of carbonyl (C=O) groups is 1. The molecule has 0 aromatic rings. The zero-order valence-electron chi connectivity index (χ0n) is 8.96. The van der Waals surface area contributed by atoms with Gasteiger partial charge < -0.3 is 4.90 Å². The van der Waals surface area contributed by atoms with Gasteiger partial charge >= 0.3 is 0 Å². The number of ketones is 1. The predicted octanol–water partition coefficient (Wildman–Crippen LogP) is 1.51. The van der Waals surface area contributed by atoms with Gasteiger partial charge in [0.2, 0.25) is 0 Å². The fraction of sp³-hybridized carbons (Fsp3) is 0.900. The number of Topliss-reactive ketones (excluding diaryl/α,β-unsaturated/α-hetero) is 1. The van der Waals surface area contributed by atoms with Crippen LogP contribution in [0.3, 0.4) is 0 Å². The lowest BCUT2D eigenvalue weighted by Gasteiger charge is -2.36. The highest BCUT2D eigenvalue weighted by Crippen LogP contribution is 2.34. The second kappa shape index (κ2) is 4.01. The third-order valence-electron chi connectivity index (χ3n) is 2.50. The van der Waals surface area contributed by atoms with E-state index in [-0.39, 0.29) is 11.3 Å². The predicted molar refractivity (Wildman–Crippen MR) is 58.2 cm³/mol. The fourth-order valence-corrected chi connectivity index (χ4v) is 3.33. The van der Waals surface area contributed by atoms with Gasteiger partial charge in [0, 0.05) is 29.4 Å². The van der Waals surface area contributed by atoms with Crippen molar-refractivity contribution in [3.63, 3.8) is 0 Å². The zero-order chi connectivity index (χ0) is 10.1. The van der Waals surface area contributed by atoms with Crippen molar-refractivity contribution in [3.8, 4) is 0 Å². The van der Waals surface area contributed by atoms with Crippen molar-refractivity contribution in [2.45, 2.75) is 13.8 Å². The van der Waals surface area contributed by atoms with Crippen LogP contribution < -0.4 is 0 Å². The van der Waals surface area contributed by atoms with Crippen molar-refractivity contribution in [1.82, 2.24) is 4.90 Å². The lowest BCUT2D eigenvalue weighted by atomic mass is 9.81. The van der Waals surface area contributed by atoms with E-state index in [0.717, 1.165) is 18.1 Å². The second-order valence-corrected chi connectivity index (χ2v) is 5.61. The Kier molecular flexibility index (Phi) is 3.41. The molecule has 2 nitrogen and oxygen atoms in total. The Labute approximate surface area is 85.1 Å². The lowest BCUT2D eigenvalue weighted by molar-refractivity contribution is -0.130. The molecule has 1 heterocycles. The first-order chi connectivity index (χ1) is 5.96. The van der Waals surface area contributed by atoms with Crippen molar-refractivity contribution < 1.29 is 4.79 Å². The summed E-state index contributed by atoms with van der Waals surface area (Å²) in [7, 11) is 4.06. The summed E-state index contributed by atoms with van der Waals surface area (Å²) in [5.41, 5.74) is -0.119. The molecule has 0 spiro atoms. The van der Waals surface area contributed by atoms with E-state index < -0.39 is 0 Å². The molecule has 2 atom stereocenters. The summed E-state index contributed by atoms with van der Waals surface area (Å²) >= 11 is 1.91. The monoisotopic (exact) mass is 201 g/mol. The van der Waals surface area contributed by atoms with Gasteiger partial charge in [0.1, 0.15) is 5.78 Å². The highest BCUT2D eigenvalue weighted by atomic mass is 32.2. The summed E-state index contributed by atoms with van der Waals surface area (Å²) in [5, 5.41) is 0. The van der Waals surface area contributed by atoms with Crippen molar-refractivity contribution in [1.29, 1.82) is 0 Å². The minimum absolute atomic E-state index is 0.119. The highest BCUT2D eigenvalue weighted by molar-refractivity contribution is 7.99. The van der Waals surface area contributed by atoms with Crippen LogP contribution in [0.4, 0.5) is 0 Å². The molecule has 0 amide bonds. The Morgan fingerprint density at radius 1 is 1.62 bits per heavy atom. The molecule has 13 heavy (non-hydrogen) atoms. The van der Waals surface area contributed by atoms with Crippen LogP contribution in [0.25, 0.3) is 0 Å². The van der Waals surface area contributed by atoms with E-state index in [0.29, 0.717) is 5.78 Å². The van der Waals surface area contributed by atoms with Crippen LogP contribution in [0.5, 0.6) is 0 Å². The van der Waals surface area contributed by atoms with E-state index >= 15 is 0 Å². The zero-order valence-corrected chi connectivity index (χ0v) is 9.78. The smallest absolute Gasteiger partial charge is 0.144 e. The van der Waals surface area contributed by atoms with Crippen molar-refractivity contribution in [2.75, 3.05) is 32.1 Å². The number of carbonyl (C=O) groups excluding carboxylic acids is 1. The molecule has 76 valence electrons. The molecule has 0 aromatic heterocycles. The van der Waals surface area contributed by atoms with Crippen molar-refractivity contribution in [3.05, 3.63) is 0 Å². The standard InChI is InChI=1S/C10H19NOS/c1-8-5-13-7-10(2,9(8)12)6-11(3)4/h8H,5-7H2,1-4H3. The van der Waals surface area contributed by atoms with E-state index in [4.69, 9.17) is 0 Å². The molecular weight excluding hydrogens is 182 g/mol. The van der Waals surface area contributed by atoms with Crippen LogP contribution in [-0.4, -0.2) is 42.8 Å². The Hall–Kier alpha value is -0.0200. The van der Waals surface area contributed by atoms with Crippen LogP contribution in [0.1, 0.15) is 13.8 Å². The number of hydrogen-bond acceptors (Lipinski definition) is 3. The summed E-state index contributed by atoms with van der Waals surface area (Å²) in [6.07, 6.45) is 0. The topological polar surface area (TPSA) is 20.3 Å². The molecule has 1 fully saturated rings. The second-order valence-electron chi connectivity index (χ2n) is 4.58. The summed E-state index contributed by atoms with van der Waals surface area (Å²) < 4.78 is 0. The minimum Gasteiger partial charge on any atom is -0.308 e. The molecule has 0 bridgehead atoms. The van der Waals surface area contributed by atoms with Crippen molar-refractivity contribution >= 4 is 17.5 Å². The van der Waals surface area contributed by atoms with Crippen LogP contribution >= 0.6 is 11.8 Å². The Bertz CT molecular complexity index is 205. The van der Waals surface area contributed by atoms with Gasteiger partial charge in [0.05, 0.1) is 0 Å². The summed E-state index contributed by atoms with van der Waals surface area (Å²) in [6.45, 7) is 5.02. The van der Waals surface area contributed by atoms with Crippen molar-refractivity contribution in [2.24, 2.45) is 11.3 Å². The van der Waals surface area contributed by atoms with Gasteiger partial charge in [-0.05, 0) is 14.1 Å². The molecule has 0 saturated carbocycles. The average molecular weight is 201 g/mol. The molecule has 0 aliphatic carbocycles. The third-order valence-corrected chi connectivity index (χ3v) is 4.07. The van der Waals surface area contributed by atoms with Gasteiger partial charge in [-0.15, -0.1) is 0 Å². The largest absolute Gasteiger partial charge is 0.308 e. The number of rotatable bonds is 2. The Balaban J connectivity index is 2.69. The first kappa shape index (κ1) is 11.1. The maximum atomic E-state index is 11.9. The van der Waals surface area contributed by atoms with Crippen LogP contribution in [0.15, 0.2) is 0 Å². The molecule has 1 saturated heterocycles. The van der Waals surface area contributed by atoms with Gasteiger partial charge in [0.15, 0.2) is 0 Å². The Morgan fingerprint density at radius 2 is 2.23 bits per heavy atom. The molecule has 1 aliphatic rings. The van der Waals surface area contributed by atoms with E-state index in [2.05, 4.69) is 11.8 Å². The van der Waals surface area contributed by atoms with Gasteiger partial charge in [-0.3, -0.25) is 4.79 Å².